The van der Waals surface area contributed by atoms with E-state index in [2.05, 4.69) is 56.0 Å². The Bertz CT molecular complexity index is 889. The van der Waals surface area contributed by atoms with Gasteiger partial charge in [0, 0.05) is 0 Å². The second-order valence-corrected chi connectivity index (χ2v) is 9.78. The zero-order valence-corrected chi connectivity index (χ0v) is 18.2. The van der Waals surface area contributed by atoms with Gasteiger partial charge in [0.1, 0.15) is 12.4 Å². The van der Waals surface area contributed by atoms with Crippen LogP contribution in [0.25, 0.3) is 0 Å². The minimum Gasteiger partial charge on any atom is -0.489 e. The molecule has 0 amide bonds. The molecule has 5 atom stereocenters. The van der Waals surface area contributed by atoms with E-state index in [1.807, 2.05) is 12.1 Å². The van der Waals surface area contributed by atoms with E-state index in [0.29, 0.717) is 30.7 Å². The molecule has 2 aromatic rings. The fraction of sp³-hybridized carbons (Fsp3) is 0.500. The van der Waals surface area contributed by atoms with Crippen molar-refractivity contribution in [3.8, 4) is 5.75 Å². The molecule has 5 rings (SSSR count). The molecule has 2 saturated carbocycles. The summed E-state index contributed by atoms with van der Waals surface area (Å²) < 4.78 is 12.3. The molecule has 2 fully saturated rings. The van der Waals surface area contributed by atoms with Crippen LogP contribution in [0.15, 0.2) is 61.2 Å². The smallest absolute Gasteiger partial charge is 0.120 e. The summed E-state index contributed by atoms with van der Waals surface area (Å²) in [6.07, 6.45) is 9.94. The lowest BCUT2D eigenvalue weighted by Gasteiger charge is -2.50. The predicted octanol–water partition coefficient (Wildman–Crippen LogP) is 6.69. The van der Waals surface area contributed by atoms with Gasteiger partial charge in [0.25, 0.3) is 0 Å². The SMILES string of the molecule is C=CCO[C@H]1CC[C@H]2[C@@H]3CCc4cc(OCc5ccccc5)ccc4[C@H]3CC[C@]12C. The fourth-order valence-corrected chi connectivity index (χ4v) is 6.80. The van der Waals surface area contributed by atoms with Gasteiger partial charge in [0.2, 0.25) is 0 Å². The molecule has 0 N–H and O–H groups in total. The molecule has 2 heteroatoms. The van der Waals surface area contributed by atoms with E-state index in [4.69, 9.17) is 9.47 Å². The standard InChI is InChI=1S/C28H34O2/c1-3-17-29-27-14-13-26-25-11-9-21-18-22(30-19-20-7-5-4-6-8-20)10-12-23(21)24(25)15-16-28(26,27)2/h3-8,10,12,18,24-27H,1,9,11,13-17,19H2,2H3/t24-,25-,26+,27+,28+/m1/s1. The van der Waals surface area contributed by atoms with Crippen LogP contribution < -0.4 is 4.74 Å². The first-order valence-electron chi connectivity index (χ1n) is 11.7. The largest absolute Gasteiger partial charge is 0.489 e. The van der Waals surface area contributed by atoms with Crippen molar-refractivity contribution < 1.29 is 9.47 Å². The second kappa shape index (κ2) is 8.23. The van der Waals surface area contributed by atoms with Crippen LogP contribution in [0.1, 0.15) is 61.6 Å². The highest BCUT2D eigenvalue weighted by atomic mass is 16.5. The highest BCUT2D eigenvalue weighted by Crippen LogP contribution is 2.61. The molecule has 3 aliphatic rings. The molecular formula is C28H34O2. The number of benzene rings is 2. The molecule has 3 aliphatic carbocycles. The maximum atomic E-state index is 6.22. The van der Waals surface area contributed by atoms with E-state index in [-0.39, 0.29) is 0 Å². The van der Waals surface area contributed by atoms with E-state index in [1.165, 1.54) is 49.7 Å². The number of hydrogen-bond acceptors (Lipinski definition) is 2. The molecular weight excluding hydrogens is 368 g/mol. The van der Waals surface area contributed by atoms with E-state index < -0.39 is 0 Å². The minimum atomic E-state index is 0.348. The lowest BCUT2D eigenvalue weighted by Crippen LogP contribution is -2.44. The maximum absolute atomic E-state index is 6.22. The van der Waals surface area contributed by atoms with Crippen molar-refractivity contribution in [3.05, 3.63) is 77.9 Å². The molecule has 0 radical (unpaired) electrons. The van der Waals surface area contributed by atoms with Crippen LogP contribution in [0.5, 0.6) is 5.75 Å². The lowest BCUT2D eigenvalue weighted by atomic mass is 9.55. The molecule has 0 aromatic heterocycles. The van der Waals surface area contributed by atoms with E-state index in [0.717, 1.165) is 17.6 Å². The van der Waals surface area contributed by atoms with Gasteiger partial charge in [0.15, 0.2) is 0 Å². The molecule has 0 aliphatic heterocycles. The topological polar surface area (TPSA) is 18.5 Å². The van der Waals surface area contributed by atoms with Crippen molar-refractivity contribution in [3.63, 3.8) is 0 Å². The normalized spacial score (nSPS) is 32.0. The van der Waals surface area contributed by atoms with Crippen LogP contribution in [-0.4, -0.2) is 12.7 Å². The second-order valence-electron chi connectivity index (χ2n) is 9.78. The van der Waals surface area contributed by atoms with Crippen molar-refractivity contribution in [1.82, 2.24) is 0 Å². The summed E-state index contributed by atoms with van der Waals surface area (Å²) in [6.45, 7) is 7.67. The fourth-order valence-electron chi connectivity index (χ4n) is 6.80. The zero-order chi connectivity index (χ0) is 20.6. The van der Waals surface area contributed by atoms with Gasteiger partial charge in [-0.2, -0.15) is 0 Å². The van der Waals surface area contributed by atoms with Crippen molar-refractivity contribution in [2.24, 2.45) is 17.3 Å². The van der Waals surface area contributed by atoms with Gasteiger partial charge in [-0.05, 0) is 90.5 Å². The predicted molar refractivity (Wildman–Crippen MR) is 122 cm³/mol. The van der Waals surface area contributed by atoms with Gasteiger partial charge in [-0.1, -0.05) is 49.4 Å². The van der Waals surface area contributed by atoms with E-state index in [9.17, 15) is 0 Å². The Hall–Kier alpha value is -2.06. The van der Waals surface area contributed by atoms with Crippen molar-refractivity contribution in [2.45, 2.75) is 64.1 Å². The average molecular weight is 403 g/mol. The maximum Gasteiger partial charge on any atom is 0.120 e. The quantitative estimate of drug-likeness (QED) is 0.501. The number of ether oxygens (including phenoxy) is 2. The Morgan fingerprint density at radius 3 is 2.77 bits per heavy atom. The summed E-state index contributed by atoms with van der Waals surface area (Å²) in [7, 11) is 0. The highest BCUT2D eigenvalue weighted by Gasteiger charge is 2.55. The third-order valence-electron chi connectivity index (χ3n) is 8.27. The Kier molecular flexibility index (Phi) is 5.45. The first-order valence-corrected chi connectivity index (χ1v) is 11.7. The summed E-state index contributed by atoms with van der Waals surface area (Å²) in [5.74, 6) is 3.33. The van der Waals surface area contributed by atoms with E-state index >= 15 is 0 Å². The molecule has 0 heterocycles. The summed E-state index contributed by atoms with van der Waals surface area (Å²) in [5.41, 5.74) is 4.68. The van der Waals surface area contributed by atoms with Crippen molar-refractivity contribution >= 4 is 0 Å². The van der Waals surface area contributed by atoms with Crippen LogP contribution in [-0.2, 0) is 17.8 Å². The molecule has 0 saturated heterocycles. The Balaban J connectivity index is 1.31. The Morgan fingerprint density at radius 2 is 1.93 bits per heavy atom. The summed E-state index contributed by atoms with van der Waals surface area (Å²) in [5, 5.41) is 0. The Morgan fingerprint density at radius 1 is 1.07 bits per heavy atom. The lowest BCUT2D eigenvalue weighted by molar-refractivity contribution is -0.0554. The molecule has 2 nitrogen and oxygen atoms in total. The van der Waals surface area contributed by atoms with Gasteiger partial charge in [-0.3, -0.25) is 0 Å². The third-order valence-corrected chi connectivity index (χ3v) is 8.27. The monoisotopic (exact) mass is 402 g/mol. The van der Waals surface area contributed by atoms with Crippen molar-refractivity contribution in [1.29, 1.82) is 0 Å². The first kappa shape index (κ1) is 19.9. The molecule has 0 unspecified atom stereocenters. The van der Waals surface area contributed by atoms with Crippen LogP contribution in [0.4, 0.5) is 0 Å². The van der Waals surface area contributed by atoms with E-state index in [1.54, 1.807) is 5.56 Å². The molecule has 0 spiro atoms. The molecule has 0 bridgehead atoms. The van der Waals surface area contributed by atoms with Crippen LogP contribution >= 0.6 is 0 Å². The number of hydrogen-bond donors (Lipinski definition) is 0. The van der Waals surface area contributed by atoms with Gasteiger partial charge in [-0.25, -0.2) is 0 Å². The zero-order valence-electron chi connectivity index (χ0n) is 18.2. The number of aryl methyl sites for hydroxylation is 1. The van der Waals surface area contributed by atoms with Crippen LogP contribution in [0, 0.1) is 17.3 Å². The Labute approximate surface area is 181 Å². The number of fused-ring (bicyclic) bond motifs is 5. The summed E-state index contributed by atoms with van der Waals surface area (Å²) in [4.78, 5) is 0. The van der Waals surface area contributed by atoms with Gasteiger partial charge >= 0.3 is 0 Å². The average Bonchev–Trinajstić information content (AvgIpc) is 3.12. The molecule has 158 valence electrons. The first-order chi connectivity index (χ1) is 14.7. The van der Waals surface area contributed by atoms with Gasteiger partial charge < -0.3 is 9.47 Å². The van der Waals surface area contributed by atoms with Crippen LogP contribution in [0.2, 0.25) is 0 Å². The third kappa shape index (κ3) is 3.50. The minimum absolute atomic E-state index is 0.348. The summed E-state index contributed by atoms with van der Waals surface area (Å²) in [6, 6.07) is 17.3. The van der Waals surface area contributed by atoms with Gasteiger partial charge in [0.05, 0.1) is 12.7 Å². The van der Waals surface area contributed by atoms with Crippen LogP contribution in [0.3, 0.4) is 0 Å². The molecule has 2 aromatic carbocycles. The molecule has 30 heavy (non-hydrogen) atoms. The summed E-state index contributed by atoms with van der Waals surface area (Å²) >= 11 is 0. The van der Waals surface area contributed by atoms with Gasteiger partial charge in [-0.15, -0.1) is 6.58 Å². The highest BCUT2D eigenvalue weighted by molar-refractivity contribution is 5.41. The number of rotatable bonds is 6. The van der Waals surface area contributed by atoms with Crippen molar-refractivity contribution in [2.75, 3.05) is 6.61 Å².